The molecule has 1 amide bonds. The number of likely N-dealkylation sites (N-methyl/N-ethyl adjacent to an activating group) is 1. The Hall–Kier alpha value is -3.64. The third kappa shape index (κ3) is 4.44. The summed E-state index contributed by atoms with van der Waals surface area (Å²) >= 11 is 0. The Kier molecular flexibility index (Phi) is 6.00. The summed E-state index contributed by atoms with van der Waals surface area (Å²) in [5.74, 6) is 0.644. The fraction of sp³-hybridized carbons (Fsp3) is 0.200. The highest BCUT2D eigenvalue weighted by Crippen LogP contribution is 2.26. The zero-order valence-electron chi connectivity index (χ0n) is 17.9. The number of hydrogen-bond donors (Lipinski definition) is 3. The number of hydrogen-bond acceptors (Lipinski definition) is 4. The van der Waals surface area contributed by atoms with Crippen molar-refractivity contribution in [3.8, 4) is 16.9 Å². The fourth-order valence-corrected chi connectivity index (χ4v) is 3.72. The summed E-state index contributed by atoms with van der Waals surface area (Å²) in [6.45, 7) is 2.59. The molecule has 1 heterocycles. The SMILES string of the molecule is CNCC(NC(=O)c1cccc(-c2ccc3[nH]nc(C)c3c2)c1)c1cccc(OC)c1. The Morgan fingerprint density at radius 3 is 2.68 bits per heavy atom. The standard InChI is InChI=1S/C25H26N4O2/c1-16-22-14-18(10-11-23(22)29-28-16)17-6-4-8-20(12-17)25(30)27-24(15-26-2)19-7-5-9-21(13-19)31-3/h4-14,24,26H,15H2,1-3H3,(H,27,30)(H,28,29). The van der Waals surface area contributed by atoms with Gasteiger partial charge in [-0.2, -0.15) is 5.10 Å². The lowest BCUT2D eigenvalue weighted by Gasteiger charge is -2.20. The van der Waals surface area contributed by atoms with Crippen LogP contribution in [0.2, 0.25) is 0 Å². The van der Waals surface area contributed by atoms with Crippen molar-refractivity contribution in [2.45, 2.75) is 13.0 Å². The fourth-order valence-electron chi connectivity index (χ4n) is 3.72. The Labute approximate surface area is 181 Å². The molecular weight excluding hydrogens is 388 g/mol. The van der Waals surface area contributed by atoms with Gasteiger partial charge < -0.3 is 15.4 Å². The van der Waals surface area contributed by atoms with E-state index in [1.165, 1.54) is 0 Å². The van der Waals surface area contributed by atoms with Gasteiger partial charge >= 0.3 is 0 Å². The number of ether oxygens (including phenoxy) is 1. The number of aromatic nitrogens is 2. The number of benzene rings is 3. The van der Waals surface area contributed by atoms with E-state index < -0.39 is 0 Å². The average Bonchev–Trinajstić information content (AvgIpc) is 3.19. The highest BCUT2D eigenvalue weighted by Gasteiger charge is 2.16. The van der Waals surface area contributed by atoms with Crippen LogP contribution in [-0.2, 0) is 0 Å². The molecule has 0 aliphatic carbocycles. The molecule has 1 atom stereocenters. The highest BCUT2D eigenvalue weighted by molar-refractivity contribution is 5.96. The number of H-pyrrole nitrogens is 1. The molecule has 1 aromatic heterocycles. The zero-order chi connectivity index (χ0) is 21.8. The molecule has 4 aromatic rings. The monoisotopic (exact) mass is 414 g/mol. The largest absolute Gasteiger partial charge is 0.497 e. The predicted molar refractivity (Wildman–Crippen MR) is 123 cm³/mol. The van der Waals surface area contributed by atoms with E-state index >= 15 is 0 Å². The first-order valence-electron chi connectivity index (χ1n) is 10.2. The lowest BCUT2D eigenvalue weighted by molar-refractivity contribution is 0.0936. The van der Waals surface area contributed by atoms with Crippen LogP contribution in [-0.4, -0.2) is 36.8 Å². The van der Waals surface area contributed by atoms with E-state index in [2.05, 4.69) is 26.9 Å². The molecular formula is C25H26N4O2. The van der Waals surface area contributed by atoms with Crippen LogP contribution in [0.15, 0.2) is 66.7 Å². The quantitative estimate of drug-likeness (QED) is 0.423. The van der Waals surface area contributed by atoms with Crippen LogP contribution in [0.3, 0.4) is 0 Å². The zero-order valence-corrected chi connectivity index (χ0v) is 17.9. The molecule has 6 heteroatoms. The van der Waals surface area contributed by atoms with Gasteiger partial charge in [0.15, 0.2) is 0 Å². The van der Waals surface area contributed by atoms with E-state index in [9.17, 15) is 4.79 Å². The maximum atomic E-state index is 13.1. The molecule has 0 aliphatic heterocycles. The third-order valence-electron chi connectivity index (χ3n) is 5.42. The summed E-state index contributed by atoms with van der Waals surface area (Å²) in [5, 5.41) is 14.7. The molecule has 0 bridgehead atoms. The van der Waals surface area contributed by atoms with Crippen molar-refractivity contribution in [2.75, 3.05) is 20.7 Å². The molecule has 0 saturated carbocycles. The van der Waals surface area contributed by atoms with Crippen molar-refractivity contribution < 1.29 is 9.53 Å². The Morgan fingerprint density at radius 2 is 1.87 bits per heavy atom. The number of amides is 1. The molecule has 0 saturated heterocycles. The number of aryl methyl sites for hydroxylation is 1. The van der Waals surface area contributed by atoms with Crippen LogP contribution >= 0.6 is 0 Å². The van der Waals surface area contributed by atoms with Gasteiger partial charge in [-0.15, -0.1) is 0 Å². The third-order valence-corrected chi connectivity index (χ3v) is 5.42. The van der Waals surface area contributed by atoms with Crippen LogP contribution in [0.25, 0.3) is 22.0 Å². The molecule has 0 fully saturated rings. The minimum atomic E-state index is -0.179. The predicted octanol–water partition coefficient (Wildman–Crippen LogP) is 4.24. The molecule has 0 spiro atoms. The van der Waals surface area contributed by atoms with Crippen molar-refractivity contribution in [3.63, 3.8) is 0 Å². The first kappa shape index (κ1) is 20.6. The first-order valence-corrected chi connectivity index (χ1v) is 10.2. The van der Waals surface area contributed by atoms with Crippen LogP contribution < -0.4 is 15.4 Å². The Bertz CT molecular complexity index is 1220. The second kappa shape index (κ2) is 9.02. The van der Waals surface area contributed by atoms with Gasteiger partial charge in [0.05, 0.1) is 24.4 Å². The highest BCUT2D eigenvalue weighted by atomic mass is 16.5. The number of carbonyl (C=O) groups is 1. The first-order chi connectivity index (χ1) is 15.1. The summed E-state index contributed by atoms with van der Waals surface area (Å²) in [6.07, 6.45) is 0. The Balaban J connectivity index is 1.59. The number of rotatable bonds is 7. The van der Waals surface area contributed by atoms with E-state index in [4.69, 9.17) is 4.74 Å². The molecule has 4 rings (SSSR count). The molecule has 3 N–H and O–H groups in total. The summed E-state index contributed by atoms with van der Waals surface area (Å²) in [4.78, 5) is 13.1. The van der Waals surface area contributed by atoms with Gasteiger partial charge in [-0.3, -0.25) is 9.89 Å². The number of aromatic amines is 1. The maximum absolute atomic E-state index is 13.1. The van der Waals surface area contributed by atoms with E-state index in [0.717, 1.165) is 39.0 Å². The Morgan fingerprint density at radius 1 is 1.06 bits per heavy atom. The van der Waals surface area contributed by atoms with Gasteiger partial charge in [0, 0.05) is 17.5 Å². The number of fused-ring (bicyclic) bond motifs is 1. The lowest BCUT2D eigenvalue weighted by atomic mass is 10.0. The number of nitrogens with zero attached hydrogens (tertiary/aromatic N) is 1. The summed E-state index contributed by atoms with van der Waals surface area (Å²) in [7, 11) is 3.51. The van der Waals surface area contributed by atoms with E-state index in [-0.39, 0.29) is 11.9 Å². The second-order valence-electron chi connectivity index (χ2n) is 7.51. The van der Waals surface area contributed by atoms with Crippen LogP contribution in [0.1, 0.15) is 27.7 Å². The van der Waals surface area contributed by atoms with Gasteiger partial charge in [0.25, 0.3) is 5.91 Å². The molecule has 31 heavy (non-hydrogen) atoms. The van der Waals surface area contributed by atoms with E-state index in [0.29, 0.717) is 12.1 Å². The number of methoxy groups -OCH3 is 1. The van der Waals surface area contributed by atoms with Crippen molar-refractivity contribution in [2.24, 2.45) is 0 Å². The van der Waals surface area contributed by atoms with Crippen molar-refractivity contribution in [3.05, 3.63) is 83.6 Å². The smallest absolute Gasteiger partial charge is 0.251 e. The van der Waals surface area contributed by atoms with Gasteiger partial charge in [0.1, 0.15) is 5.75 Å². The number of carbonyl (C=O) groups excluding carboxylic acids is 1. The minimum Gasteiger partial charge on any atom is -0.497 e. The topological polar surface area (TPSA) is 79.0 Å². The van der Waals surface area contributed by atoms with Gasteiger partial charge in [0.2, 0.25) is 0 Å². The minimum absolute atomic E-state index is 0.120. The summed E-state index contributed by atoms with van der Waals surface area (Å²) < 4.78 is 5.33. The molecule has 158 valence electrons. The summed E-state index contributed by atoms with van der Waals surface area (Å²) in [6, 6.07) is 21.4. The second-order valence-corrected chi connectivity index (χ2v) is 7.51. The van der Waals surface area contributed by atoms with Crippen molar-refractivity contribution in [1.82, 2.24) is 20.8 Å². The normalized spacial score (nSPS) is 12.0. The maximum Gasteiger partial charge on any atom is 0.251 e. The van der Waals surface area contributed by atoms with Crippen molar-refractivity contribution >= 4 is 16.8 Å². The van der Waals surface area contributed by atoms with Gasteiger partial charge in [-0.25, -0.2) is 0 Å². The lowest BCUT2D eigenvalue weighted by Crippen LogP contribution is -2.34. The molecule has 0 aliphatic rings. The average molecular weight is 415 g/mol. The van der Waals surface area contributed by atoms with Crippen LogP contribution in [0.4, 0.5) is 0 Å². The van der Waals surface area contributed by atoms with E-state index in [1.54, 1.807) is 7.11 Å². The van der Waals surface area contributed by atoms with Crippen LogP contribution in [0, 0.1) is 6.92 Å². The van der Waals surface area contributed by atoms with Crippen molar-refractivity contribution in [1.29, 1.82) is 0 Å². The van der Waals surface area contributed by atoms with E-state index in [1.807, 2.05) is 74.6 Å². The molecule has 0 radical (unpaired) electrons. The molecule has 6 nitrogen and oxygen atoms in total. The number of nitrogens with one attached hydrogen (secondary N) is 3. The summed E-state index contributed by atoms with van der Waals surface area (Å²) in [5.41, 5.74) is 5.60. The van der Waals surface area contributed by atoms with Gasteiger partial charge in [-0.05, 0) is 67.1 Å². The van der Waals surface area contributed by atoms with Gasteiger partial charge in [-0.1, -0.05) is 30.3 Å². The molecule has 1 unspecified atom stereocenters. The van der Waals surface area contributed by atoms with Crippen LogP contribution in [0.5, 0.6) is 5.75 Å². The molecule has 3 aromatic carbocycles.